The van der Waals surface area contributed by atoms with Gasteiger partial charge in [-0.3, -0.25) is 9.58 Å². The van der Waals surface area contributed by atoms with Gasteiger partial charge in [0.1, 0.15) is 0 Å². The van der Waals surface area contributed by atoms with Crippen molar-refractivity contribution in [1.29, 1.82) is 0 Å². The molecule has 4 rings (SSSR count). The number of ether oxygens (including phenoxy) is 1. The number of hydrogen-bond donors (Lipinski definition) is 0. The molecule has 2 aliphatic carbocycles. The van der Waals surface area contributed by atoms with Crippen LogP contribution in [0.1, 0.15) is 50.1 Å². The molecule has 1 aliphatic heterocycles. The second-order valence-electron chi connectivity index (χ2n) is 8.37. The Bertz CT molecular complexity index is 595. The number of aromatic nitrogens is 2. The van der Waals surface area contributed by atoms with E-state index >= 15 is 0 Å². The van der Waals surface area contributed by atoms with Crippen molar-refractivity contribution in [3.05, 3.63) is 18.0 Å². The average molecular weight is 353 g/mol. The standard InChI is InChI=1S/C19H29F2N3O/c1-13-9-22-24(10-13)17-7-14-11-23(12-15(14)8-18(17)25-2)16-3-5-19(20,21)6-4-16/h9-10,14-18H,3-8,11-12H2,1-2H3/t14-,15+,17-,18-/m0/s1. The summed E-state index contributed by atoms with van der Waals surface area (Å²) < 4.78 is 34.8. The molecular weight excluding hydrogens is 324 g/mol. The van der Waals surface area contributed by atoms with Crippen LogP contribution in [0.2, 0.25) is 0 Å². The maximum atomic E-state index is 13.5. The summed E-state index contributed by atoms with van der Waals surface area (Å²) in [6.45, 7) is 4.16. The summed E-state index contributed by atoms with van der Waals surface area (Å²) in [4.78, 5) is 2.49. The van der Waals surface area contributed by atoms with E-state index in [1.165, 1.54) is 5.56 Å². The van der Waals surface area contributed by atoms with Gasteiger partial charge in [-0.05, 0) is 50.0 Å². The SMILES string of the molecule is CO[C@H]1C[C@@H]2CN(C3CCC(F)(F)CC3)C[C@@H]2C[C@@H]1n1cc(C)cn1. The van der Waals surface area contributed by atoms with E-state index in [1.807, 2.05) is 6.20 Å². The number of likely N-dealkylation sites (tertiary alicyclic amines) is 1. The van der Waals surface area contributed by atoms with Crippen LogP contribution in [0.3, 0.4) is 0 Å². The second kappa shape index (κ2) is 6.62. The van der Waals surface area contributed by atoms with Crippen molar-refractivity contribution in [2.45, 2.75) is 69.6 Å². The maximum Gasteiger partial charge on any atom is 0.248 e. The summed E-state index contributed by atoms with van der Waals surface area (Å²) in [5, 5.41) is 4.52. The zero-order valence-electron chi connectivity index (χ0n) is 15.2. The van der Waals surface area contributed by atoms with Gasteiger partial charge in [0, 0.05) is 45.3 Å². The van der Waals surface area contributed by atoms with Gasteiger partial charge < -0.3 is 4.74 Å². The lowest BCUT2D eigenvalue weighted by Crippen LogP contribution is -2.39. The van der Waals surface area contributed by atoms with E-state index in [0.29, 0.717) is 30.7 Å². The van der Waals surface area contributed by atoms with Crippen molar-refractivity contribution in [2.24, 2.45) is 11.8 Å². The summed E-state index contributed by atoms with van der Waals surface area (Å²) in [5.74, 6) is -1.18. The van der Waals surface area contributed by atoms with Crippen molar-refractivity contribution in [2.75, 3.05) is 20.2 Å². The Labute approximate surface area is 148 Å². The van der Waals surface area contributed by atoms with Crippen LogP contribution in [-0.2, 0) is 4.74 Å². The lowest BCUT2D eigenvalue weighted by Gasteiger charge is -2.37. The number of rotatable bonds is 3. The third-order valence-electron chi connectivity index (χ3n) is 6.69. The number of methoxy groups -OCH3 is 1. The van der Waals surface area contributed by atoms with Gasteiger partial charge in [0.05, 0.1) is 18.3 Å². The minimum atomic E-state index is -2.44. The molecule has 3 aliphatic rings. The molecular formula is C19H29F2N3O. The topological polar surface area (TPSA) is 30.3 Å². The molecule has 4 atom stereocenters. The third-order valence-corrected chi connectivity index (χ3v) is 6.69. The monoisotopic (exact) mass is 353 g/mol. The molecule has 0 aromatic carbocycles. The van der Waals surface area contributed by atoms with E-state index in [9.17, 15) is 8.78 Å². The fourth-order valence-electron chi connectivity index (χ4n) is 5.26. The fourth-order valence-corrected chi connectivity index (χ4v) is 5.26. The third kappa shape index (κ3) is 3.47. The van der Waals surface area contributed by atoms with Crippen molar-refractivity contribution < 1.29 is 13.5 Å². The van der Waals surface area contributed by atoms with Crippen molar-refractivity contribution >= 4 is 0 Å². The Hall–Kier alpha value is -1.01. The Kier molecular flexibility index (Phi) is 4.61. The first-order chi connectivity index (χ1) is 11.9. The molecule has 140 valence electrons. The molecule has 3 fully saturated rings. The van der Waals surface area contributed by atoms with Gasteiger partial charge in [-0.15, -0.1) is 0 Å². The summed E-state index contributed by atoms with van der Waals surface area (Å²) in [6, 6.07) is 0.632. The minimum absolute atomic E-state index is 0.0549. The highest BCUT2D eigenvalue weighted by molar-refractivity contribution is 5.04. The van der Waals surface area contributed by atoms with Crippen LogP contribution in [-0.4, -0.2) is 52.9 Å². The smallest absolute Gasteiger partial charge is 0.248 e. The van der Waals surface area contributed by atoms with Crippen LogP contribution < -0.4 is 0 Å². The first-order valence-electron chi connectivity index (χ1n) is 9.60. The number of alkyl halides is 2. The largest absolute Gasteiger partial charge is 0.379 e. The quantitative estimate of drug-likeness (QED) is 0.831. The maximum absolute atomic E-state index is 13.5. The van der Waals surface area contributed by atoms with Crippen molar-refractivity contribution in [3.8, 4) is 0 Å². The van der Waals surface area contributed by atoms with Crippen molar-refractivity contribution in [3.63, 3.8) is 0 Å². The van der Waals surface area contributed by atoms with Gasteiger partial charge in [0.25, 0.3) is 0 Å². The normalized spacial score (nSPS) is 36.5. The molecule has 1 saturated heterocycles. The highest BCUT2D eigenvalue weighted by Gasteiger charge is 2.46. The minimum Gasteiger partial charge on any atom is -0.379 e. The Balaban J connectivity index is 1.43. The molecule has 0 spiro atoms. The Morgan fingerprint density at radius 3 is 2.44 bits per heavy atom. The zero-order valence-corrected chi connectivity index (χ0v) is 15.2. The number of hydrogen-bond acceptors (Lipinski definition) is 3. The predicted octanol–water partition coefficient (Wildman–Crippen LogP) is 3.67. The van der Waals surface area contributed by atoms with Crippen LogP contribution >= 0.6 is 0 Å². The summed E-state index contributed by atoms with van der Waals surface area (Å²) >= 11 is 0. The van der Waals surface area contributed by atoms with Crippen LogP contribution in [0, 0.1) is 18.8 Å². The van der Waals surface area contributed by atoms with Gasteiger partial charge in [-0.25, -0.2) is 8.78 Å². The molecule has 2 saturated carbocycles. The van der Waals surface area contributed by atoms with Gasteiger partial charge >= 0.3 is 0 Å². The number of nitrogens with zero attached hydrogens (tertiary/aromatic N) is 3. The molecule has 0 N–H and O–H groups in total. The molecule has 0 amide bonds. The molecule has 25 heavy (non-hydrogen) atoms. The molecule has 0 unspecified atom stereocenters. The Morgan fingerprint density at radius 2 is 1.84 bits per heavy atom. The van der Waals surface area contributed by atoms with E-state index in [1.54, 1.807) is 7.11 Å². The van der Waals surface area contributed by atoms with E-state index in [4.69, 9.17) is 4.74 Å². The van der Waals surface area contributed by atoms with Gasteiger partial charge in [-0.2, -0.15) is 5.10 Å². The highest BCUT2D eigenvalue weighted by atomic mass is 19.3. The van der Waals surface area contributed by atoms with E-state index in [2.05, 4.69) is 27.8 Å². The van der Waals surface area contributed by atoms with Crippen LogP contribution in [0.5, 0.6) is 0 Å². The van der Waals surface area contributed by atoms with Gasteiger partial charge in [0.15, 0.2) is 0 Å². The molecule has 6 heteroatoms. The van der Waals surface area contributed by atoms with E-state index < -0.39 is 5.92 Å². The molecule has 2 heterocycles. The first kappa shape index (κ1) is 17.4. The van der Waals surface area contributed by atoms with Gasteiger partial charge in [-0.1, -0.05) is 0 Å². The first-order valence-corrected chi connectivity index (χ1v) is 9.60. The molecule has 1 aromatic rings. The van der Waals surface area contributed by atoms with Crippen molar-refractivity contribution in [1.82, 2.24) is 14.7 Å². The van der Waals surface area contributed by atoms with Crippen LogP contribution in [0.15, 0.2) is 12.4 Å². The highest BCUT2D eigenvalue weighted by Crippen LogP contribution is 2.44. The number of fused-ring (bicyclic) bond motifs is 1. The fraction of sp³-hybridized carbons (Fsp3) is 0.842. The molecule has 4 nitrogen and oxygen atoms in total. The van der Waals surface area contributed by atoms with E-state index in [-0.39, 0.29) is 25.0 Å². The predicted molar refractivity (Wildman–Crippen MR) is 91.8 cm³/mol. The summed E-state index contributed by atoms with van der Waals surface area (Å²) in [6.07, 6.45) is 7.71. The molecule has 0 bridgehead atoms. The average Bonchev–Trinajstić information content (AvgIpc) is 3.19. The Morgan fingerprint density at radius 1 is 1.16 bits per heavy atom. The zero-order chi connectivity index (χ0) is 17.6. The van der Waals surface area contributed by atoms with E-state index in [0.717, 1.165) is 25.9 Å². The molecule has 1 aromatic heterocycles. The summed E-state index contributed by atoms with van der Waals surface area (Å²) in [7, 11) is 1.80. The lowest BCUT2D eigenvalue weighted by atomic mass is 9.77. The second-order valence-corrected chi connectivity index (χ2v) is 8.37. The summed E-state index contributed by atoms with van der Waals surface area (Å²) in [5.41, 5.74) is 1.17. The van der Waals surface area contributed by atoms with Gasteiger partial charge in [0.2, 0.25) is 5.92 Å². The van der Waals surface area contributed by atoms with Crippen LogP contribution in [0.4, 0.5) is 8.78 Å². The van der Waals surface area contributed by atoms with Crippen LogP contribution in [0.25, 0.3) is 0 Å². The number of aryl methyl sites for hydroxylation is 1. The number of halogens is 2. The molecule has 0 radical (unpaired) electrons. The lowest BCUT2D eigenvalue weighted by molar-refractivity contribution is -0.0520.